The van der Waals surface area contributed by atoms with E-state index in [0.29, 0.717) is 34.5 Å². The van der Waals surface area contributed by atoms with Gasteiger partial charge in [-0.2, -0.15) is 0 Å². The van der Waals surface area contributed by atoms with Gasteiger partial charge >= 0.3 is 406 Å². The molecule has 1 aliphatic heterocycles. The monoisotopic (exact) mass is 1250 g/mol. The maximum atomic E-state index is 7.46. The van der Waals surface area contributed by atoms with Crippen molar-refractivity contribution in [2.75, 3.05) is 0 Å². The normalized spacial score (nSPS) is 17.5. The first-order chi connectivity index (χ1) is 28.3. The molecular weight excluding hydrogens is 1210 g/mol. The standard InChI is InChI=1S/C42H38Br6N3O6P3/c1-25-19-31(43)7-13-37(25)52-59(53-38-14-8-32(44)20-26(38)2,54-39-15-9-33(45)21-27(39)3)49-58-50-60(51-59,55-40-16-10-34(46)22-28(40)4,56-41-17-11-35(47)23-29(41)5)57-42-18-12-36(48)24-30(42)6/h7-24,51H,1-6H3,(H,49,50). The van der Waals surface area contributed by atoms with Gasteiger partial charge in [0.2, 0.25) is 0 Å². The average molecular weight is 1250 g/mol. The van der Waals surface area contributed by atoms with Crippen LogP contribution in [0.4, 0.5) is 0 Å². The van der Waals surface area contributed by atoms with Crippen LogP contribution in [0.5, 0.6) is 34.5 Å². The molecule has 0 saturated carbocycles. The first-order valence-electron chi connectivity index (χ1n) is 18.2. The van der Waals surface area contributed by atoms with Crippen molar-refractivity contribution in [3.05, 3.63) is 169 Å². The first-order valence-corrected chi connectivity index (χ1v) is 27.7. The van der Waals surface area contributed by atoms with Crippen LogP contribution < -0.4 is 36.9 Å². The molecule has 0 radical (unpaired) electrons. The Bertz CT molecular complexity index is 2430. The van der Waals surface area contributed by atoms with Gasteiger partial charge in [0, 0.05) is 0 Å². The van der Waals surface area contributed by atoms with E-state index in [1.807, 2.05) is 151 Å². The number of hydrogen-bond donors (Lipinski definition) is 2. The molecule has 6 aromatic carbocycles. The number of nitrogens with one attached hydrogen (secondary N) is 2. The van der Waals surface area contributed by atoms with E-state index < -0.39 is 15.2 Å². The van der Waals surface area contributed by atoms with Gasteiger partial charge in [0.25, 0.3) is 0 Å². The SMILES string of the molecule is Cc1cc(Br)ccc1OP1(Oc2ccc(Br)cc2C)(Oc2ccc(Br)cc2C)N=PNP(Oc2ccc(Br)cc2C)(Oc2ccc(Br)cc2C)(Oc2ccc(Br)cc2C)N1. The second-order valence-corrected chi connectivity index (χ2v) is 26.7. The van der Waals surface area contributed by atoms with Crippen molar-refractivity contribution in [1.82, 2.24) is 9.72 Å². The average Bonchev–Trinajstić information content (AvgIpc) is 3.16. The van der Waals surface area contributed by atoms with E-state index in [-0.39, 0.29) is 8.52 Å². The van der Waals surface area contributed by atoms with Crippen LogP contribution in [-0.2, 0) is 0 Å². The molecule has 6 aromatic rings. The number of aryl methyl sites for hydroxylation is 6. The van der Waals surface area contributed by atoms with Gasteiger partial charge in [0.1, 0.15) is 0 Å². The second kappa shape index (κ2) is 17.8. The summed E-state index contributed by atoms with van der Waals surface area (Å²) in [5, 5.41) is 0. The Balaban J connectivity index is 1.63. The van der Waals surface area contributed by atoms with E-state index in [2.05, 4.69) is 105 Å². The van der Waals surface area contributed by atoms with Crippen LogP contribution in [0.2, 0.25) is 0 Å². The Morgan fingerprint density at radius 2 is 0.617 bits per heavy atom. The Morgan fingerprint density at radius 3 is 0.850 bits per heavy atom. The molecule has 7 rings (SSSR count). The van der Waals surface area contributed by atoms with Crippen molar-refractivity contribution in [3.8, 4) is 34.5 Å². The molecule has 2 N–H and O–H groups in total. The maximum absolute atomic E-state index is 7.46. The summed E-state index contributed by atoms with van der Waals surface area (Å²) in [4.78, 5) is 7.24. The predicted molar refractivity (Wildman–Crippen MR) is 267 cm³/mol. The number of halogens is 6. The molecule has 0 spiro atoms. The summed E-state index contributed by atoms with van der Waals surface area (Å²) in [7, 11) is -10.7. The summed E-state index contributed by atoms with van der Waals surface area (Å²) < 4.78 is 55.1. The molecule has 0 fully saturated rings. The van der Waals surface area contributed by atoms with Crippen LogP contribution in [0.1, 0.15) is 33.4 Å². The molecule has 0 aliphatic carbocycles. The van der Waals surface area contributed by atoms with Crippen LogP contribution in [0.3, 0.4) is 0 Å². The Hall–Kier alpha value is -2.12. The molecule has 1 aliphatic rings. The number of nitrogens with zero attached hydrogens (tertiary/aromatic N) is 1. The minimum atomic E-state index is -5.49. The zero-order valence-electron chi connectivity index (χ0n) is 32.9. The van der Waals surface area contributed by atoms with Crippen molar-refractivity contribution in [2.24, 2.45) is 4.52 Å². The molecule has 314 valence electrons. The van der Waals surface area contributed by atoms with Gasteiger partial charge in [-0.1, -0.05) is 0 Å². The summed E-state index contributed by atoms with van der Waals surface area (Å²) in [6.45, 7) is 11.6. The summed E-state index contributed by atoms with van der Waals surface area (Å²) in [6.07, 6.45) is 0. The van der Waals surface area contributed by atoms with E-state index in [9.17, 15) is 0 Å². The zero-order chi connectivity index (χ0) is 43.1. The van der Waals surface area contributed by atoms with Crippen molar-refractivity contribution < 1.29 is 27.1 Å². The quantitative estimate of drug-likeness (QED) is 0.117. The fourth-order valence-corrected chi connectivity index (χ4v) is 19.7. The van der Waals surface area contributed by atoms with Crippen molar-refractivity contribution >= 4 is 119 Å². The van der Waals surface area contributed by atoms with Crippen molar-refractivity contribution in [1.29, 1.82) is 0 Å². The summed E-state index contributed by atoms with van der Waals surface area (Å²) in [5.41, 5.74) is 4.65. The first kappa shape index (κ1) is 45.9. The van der Waals surface area contributed by atoms with Crippen molar-refractivity contribution in [2.45, 2.75) is 41.5 Å². The van der Waals surface area contributed by atoms with E-state index in [4.69, 9.17) is 31.7 Å². The molecule has 0 atom stereocenters. The fraction of sp³-hybridized carbons (Fsp3) is 0.143. The molecule has 0 aromatic heterocycles. The number of benzene rings is 6. The van der Waals surface area contributed by atoms with E-state index >= 15 is 0 Å². The minimum absolute atomic E-state index is 0.173. The van der Waals surface area contributed by atoms with Crippen LogP contribution in [0, 0.1) is 41.5 Å². The third kappa shape index (κ3) is 9.98. The number of rotatable bonds is 12. The molecule has 60 heavy (non-hydrogen) atoms. The van der Waals surface area contributed by atoms with Gasteiger partial charge in [-0.25, -0.2) is 0 Å². The van der Waals surface area contributed by atoms with Gasteiger partial charge in [-0.3, -0.25) is 0 Å². The molecule has 0 unspecified atom stereocenters. The Kier molecular flexibility index (Phi) is 13.6. The summed E-state index contributed by atoms with van der Waals surface area (Å²) in [5.74, 6) is 2.58. The number of hydrogen-bond acceptors (Lipinski definition) is 9. The molecule has 0 bridgehead atoms. The van der Waals surface area contributed by atoms with E-state index in [1.165, 1.54) is 0 Å². The Labute approximate surface area is 402 Å². The topological polar surface area (TPSA) is 91.8 Å². The second-order valence-electron chi connectivity index (χ2n) is 14.1. The van der Waals surface area contributed by atoms with Crippen LogP contribution in [-0.4, -0.2) is 0 Å². The van der Waals surface area contributed by atoms with Crippen LogP contribution in [0.25, 0.3) is 0 Å². The van der Waals surface area contributed by atoms with Gasteiger partial charge in [-0.05, 0) is 0 Å². The molecule has 0 saturated heterocycles. The van der Waals surface area contributed by atoms with Gasteiger partial charge in [0.15, 0.2) is 0 Å². The molecule has 1 heterocycles. The van der Waals surface area contributed by atoms with Gasteiger partial charge in [0.05, 0.1) is 0 Å². The fourth-order valence-electron chi connectivity index (χ4n) is 6.20. The zero-order valence-corrected chi connectivity index (χ0v) is 45.1. The van der Waals surface area contributed by atoms with E-state index in [1.54, 1.807) is 0 Å². The predicted octanol–water partition coefficient (Wildman–Crippen LogP) is 17.4. The van der Waals surface area contributed by atoms with Gasteiger partial charge < -0.3 is 0 Å². The molecular formula is C42H38Br6N3O6P3. The van der Waals surface area contributed by atoms with Crippen LogP contribution >= 0.6 is 119 Å². The van der Waals surface area contributed by atoms with Crippen LogP contribution in [0.15, 0.2) is 141 Å². The third-order valence-corrected chi connectivity index (χ3v) is 21.3. The molecule has 18 heteroatoms. The van der Waals surface area contributed by atoms with Gasteiger partial charge in [-0.15, -0.1) is 0 Å². The Morgan fingerprint density at radius 1 is 0.383 bits per heavy atom. The van der Waals surface area contributed by atoms with Crippen molar-refractivity contribution in [3.63, 3.8) is 0 Å². The third-order valence-electron chi connectivity index (χ3n) is 9.15. The summed E-state index contributed by atoms with van der Waals surface area (Å²) in [6, 6.07) is 34.1. The molecule has 0 amide bonds. The van der Waals surface area contributed by atoms with E-state index in [0.717, 1.165) is 60.2 Å². The summed E-state index contributed by atoms with van der Waals surface area (Å²) >= 11 is 21.8. The molecule has 9 nitrogen and oxygen atoms in total.